The lowest BCUT2D eigenvalue weighted by Crippen LogP contribution is -2.60. The lowest BCUT2D eigenvalue weighted by atomic mass is 9.85. The molecule has 7 atom stereocenters. The maximum atomic E-state index is 14.9. The SMILES string of the molecule is CCC1CC(C)CCC=CC2CC2(C(=O)NS(=O)(=O)C2(CF)CC2)NC(=O)C2CC(Oc3nccc4cc(OC)ccc34)CN2C(=O)C1NC(=O)OC(C)(C)C(F)(F)F. The topological polar surface area (TPSA) is 182 Å². The summed E-state index contributed by atoms with van der Waals surface area (Å²) in [6, 6.07) is 4.12. The molecular weight excluding hydrogens is 803 g/mol. The van der Waals surface area contributed by atoms with Crippen LogP contribution in [0.1, 0.15) is 79.1 Å². The first-order chi connectivity index (χ1) is 27.7. The summed E-state index contributed by atoms with van der Waals surface area (Å²) in [5.74, 6) is -3.25. The number of alkyl halides is 4. The lowest BCUT2D eigenvalue weighted by molar-refractivity contribution is -0.244. The molecule has 59 heavy (non-hydrogen) atoms. The second-order valence-corrected chi connectivity index (χ2v) is 18.8. The van der Waals surface area contributed by atoms with Gasteiger partial charge in [0.05, 0.1) is 13.7 Å². The summed E-state index contributed by atoms with van der Waals surface area (Å²) in [4.78, 5) is 62.1. The summed E-state index contributed by atoms with van der Waals surface area (Å²) in [7, 11) is -2.95. The molecule has 0 bridgehead atoms. The molecule has 1 saturated heterocycles. The predicted octanol–water partition coefficient (Wildman–Crippen LogP) is 5.25. The fourth-order valence-electron chi connectivity index (χ4n) is 7.92. The molecule has 0 spiro atoms. The normalized spacial score (nSPS) is 28.6. The number of methoxy groups -OCH3 is 1. The molecule has 14 nitrogen and oxygen atoms in total. The monoisotopic (exact) mass is 853 g/mol. The highest BCUT2D eigenvalue weighted by atomic mass is 32.2. The molecule has 6 rings (SSSR count). The van der Waals surface area contributed by atoms with Gasteiger partial charge in [-0.05, 0) is 93.9 Å². The minimum Gasteiger partial charge on any atom is -0.497 e. The van der Waals surface area contributed by atoms with Crippen LogP contribution in [0, 0.1) is 17.8 Å². The molecular formula is C40H51F4N5O9S. The van der Waals surface area contributed by atoms with Gasteiger partial charge in [0.2, 0.25) is 33.3 Å². The van der Waals surface area contributed by atoms with Gasteiger partial charge in [0.15, 0.2) is 0 Å². The van der Waals surface area contributed by atoms with Crippen molar-refractivity contribution in [3.63, 3.8) is 0 Å². The molecule has 4 amide bonds. The highest BCUT2D eigenvalue weighted by molar-refractivity contribution is 7.91. The molecule has 3 N–H and O–H groups in total. The standard InChI is InChI=1S/C40H51F4N5O9S/c1-6-24-17-23(2)9-7-8-10-26-20-39(26,35(52)48-59(54,55)38(22-41)14-15-38)47-32(50)30-19-28(57-33-29-12-11-27(56-5)18-25(29)13-16-45-33)21-49(30)34(51)31(24)46-36(53)58-37(3,4)40(42,43)44/h8,10-13,16,18,23-24,26,28,30-31H,6-7,9,14-15,17,19-22H2,1-5H3,(H,46,53)(H,47,50)(H,48,52). The Morgan fingerprint density at radius 1 is 1.12 bits per heavy atom. The minimum absolute atomic E-state index is 0.0156. The molecule has 3 fully saturated rings. The van der Waals surface area contributed by atoms with Gasteiger partial charge in [-0.3, -0.25) is 19.1 Å². The van der Waals surface area contributed by atoms with Crippen LogP contribution in [-0.2, 0) is 29.1 Å². The van der Waals surface area contributed by atoms with E-state index in [9.17, 15) is 45.2 Å². The zero-order valence-corrected chi connectivity index (χ0v) is 34.4. The van der Waals surface area contributed by atoms with E-state index in [1.165, 1.54) is 18.2 Å². The molecule has 4 aliphatic rings. The van der Waals surface area contributed by atoms with Crippen molar-refractivity contribution in [3.8, 4) is 11.6 Å². The van der Waals surface area contributed by atoms with Crippen LogP contribution in [0.3, 0.4) is 0 Å². The number of nitrogens with one attached hydrogen (secondary N) is 3. The third-order valence-electron chi connectivity index (χ3n) is 12.1. The van der Waals surface area contributed by atoms with Crippen LogP contribution in [0.25, 0.3) is 10.8 Å². The van der Waals surface area contributed by atoms with Crippen LogP contribution in [0.2, 0.25) is 0 Å². The Hall–Kier alpha value is -4.68. The summed E-state index contributed by atoms with van der Waals surface area (Å²) >= 11 is 0. The molecule has 2 aromatic rings. The van der Waals surface area contributed by atoms with Gasteiger partial charge >= 0.3 is 12.3 Å². The molecule has 2 aliphatic carbocycles. The smallest absolute Gasteiger partial charge is 0.427 e. The van der Waals surface area contributed by atoms with Crippen molar-refractivity contribution in [2.75, 3.05) is 20.3 Å². The van der Waals surface area contributed by atoms with Gasteiger partial charge in [0, 0.05) is 23.9 Å². The average molecular weight is 854 g/mol. The van der Waals surface area contributed by atoms with E-state index in [1.54, 1.807) is 37.3 Å². The van der Waals surface area contributed by atoms with E-state index < -0.39 is 92.6 Å². The number of aromatic nitrogens is 1. The molecule has 2 saturated carbocycles. The van der Waals surface area contributed by atoms with Crippen LogP contribution < -0.4 is 24.8 Å². The number of carbonyl (C=O) groups excluding carboxylic acids is 4. The molecule has 1 aromatic carbocycles. The van der Waals surface area contributed by atoms with Crippen LogP contribution in [0.5, 0.6) is 11.6 Å². The van der Waals surface area contributed by atoms with E-state index in [1.807, 2.05) is 17.7 Å². The molecule has 324 valence electrons. The van der Waals surface area contributed by atoms with Gasteiger partial charge in [-0.2, -0.15) is 13.2 Å². The molecule has 19 heteroatoms. The van der Waals surface area contributed by atoms with E-state index in [0.717, 1.165) is 5.39 Å². The van der Waals surface area contributed by atoms with E-state index >= 15 is 0 Å². The van der Waals surface area contributed by atoms with Gasteiger partial charge in [0.25, 0.3) is 5.91 Å². The second kappa shape index (κ2) is 16.4. The Morgan fingerprint density at radius 3 is 2.49 bits per heavy atom. The number of pyridine rings is 1. The Labute approximate surface area is 340 Å². The zero-order valence-electron chi connectivity index (χ0n) is 33.6. The van der Waals surface area contributed by atoms with E-state index in [2.05, 4.69) is 15.6 Å². The maximum Gasteiger partial charge on any atom is 0.427 e. The number of hydrogen-bond acceptors (Lipinski definition) is 10. The van der Waals surface area contributed by atoms with Crippen molar-refractivity contribution in [2.24, 2.45) is 17.8 Å². The number of fused-ring (bicyclic) bond motifs is 3. The number of carbonyl (C=O) groups is 4. The van der Waals surface area contributed by atoms with Gasteiger partial charge in [0.1, 0.15) is 40.9 Å². The molecule has 3 heterocycles. The number of nitrogens with zero attached hydrogens (tertiary/aromatic N) is 2. The number of benzene rings is 1. The van der Waals surface area contributed by atoms with E-state index in [4.69, 9.17) is 14.2 Å². The minimum atomic E-state index is -4.93. The van der Waals surface area contributed by atoms with Crippen molar-refractivity contribution < 1.29 is 59.4 Å². The number of hydrogen-bond donors (Lipinski definition) is 3. The van der Waals surface area contributed by atoms with Gasteiger partial charge in [-0.1, -0.05) is 32.4 Å². The number of rotatable bonds is 10. The molecule has 2 aliphatic heterocycles. The largest absolute Gasteiger partial charge is 0.497 e. The highest BCUT2D eigenvalue weighted by Gasteiger charge is 2.64. The van der Waals surface area contributed by atoms with Gasteiger partial charge < -0.3 is 29.7 Å². The number of alkyl carbamates (subject to hydrolysis) is 1. The third-order valence-corrected chi connectivity index (χ3v) is 14.3. The fourth-order valence-corrected chi connectivity index (χ4v) is 9.35. The van der Waals surface area contributed by atoms with Gasteiger partial charge in [-0.15, -0.1) is 0 Å². The Balaban J connectivity index is 1.37. The molecule has 0 radical (unpaired) electrons. The Bertz CT molecular complexity index is 2100. The third kappa shape index (κ3) is 8.94. The van der Waals surface area contributed by atoms with Crippen LogP contribution in [0.15, 0.2) is 42.6 Å². The predicted molar refractivity (Wildman–Crippen MR) is 206 cm³/mol. The van der Waals surface area contributed by atoms with Crippen molar-refractivity contribution in [1.29, 1.82) is 0 Å². The van der Waals surface area contributed by atoms with Crippen molar-refractivity contribution in [1.82, 2.24) is 25.2 Å². The first-order valence-corrected chi connectivity index (χ1v) is 21.3. The van der Waals surface area contributed by atoms with Crippen LogP contribution in [-0.4, -0.2) is 103 Å². The maximum absolute atomic E-state index is 14.9. The first-order valence-electron chi connectivity index (χ1n) is 19.8. The summed E-state index contributed by atoms with van der Waals surface area (Å²) in [5, 5.41) is 6.45. The summed E-state index contributed by atoms with van der Waals surface area (Å²) in [6.07, 6.45) is -0.585. The van der Waals surface area contributed by atoms with Crippen molar-refractivity contribution in [3.05, 3.63) is 42.6 Å². The Kier molecular flexibility index (Phi) is 12.2. The highest BCUT2D eigenvalue weighted by Crippen LogP contribution is 2.48. The number of amides is 4. The Morgan fingerprint density at radius 2 is 1.85 bits per heavy atom. The van der Waals surface area contributed by atoms with Gasteiger partial charge in [-0.25, -0.2) is 22.6 Å². The quantitative estimate of drug-likeness (QED) is 0.211. The number of allylic oxidation sites excluding steroid dienone is 1. The summed E-state index contributed by atoms with van der Waals surface area (Å²) in [6.45, 7) is 3.64. The van der Waals surface area contributed by atoms with Crippen molar-refractivity contribution in [2.45, 2.75) is 119 Å². The van der Waals surface area contributed by atoms with Crippen molar-refractivity contribution >= 4 is 44.6 Å². The molecule has 7 unspecified atom stereocenters. The first kappa shape index (κ1) is 43.9. The zero-order chi connectivity index (χ0) is 43.1. The second-order valence-electron chi connectivity index (χ2n) is 16.7. The summed E-state index contributed by atoms with van der Waals surface area (Å²) in [5.41, 5.74) is -4.67. The van der Waals surface area contributed by atoms with Crippen LogP contribution >= 0.6 is 0 Å². The number of ether oxygens (including phenoxy) is 3. The lowest BCUT2D eigenvalue weighted by Gasteiger charge is -2.35. The number of halogens is 4. The number of sulfonamides is 1. The summed E-state index contributed by atoms with van der Waals surface area (Å²) < 4.78 is 98.4. The van der Waals surface area contributed by atoms with E-state index in [-0.39, 0.29) is 44.0 Å². The fraction of sp³-hybridized carbons (Fsp3) is 0.625. The molecule has 1 aromatic heterocycles. The van der Waals surface area contributed by atoms with E-state index in [0.29, 0.717) is 50.7 Å². The average Bonchev–Trinajstić information content (AvgIpc) is 4.08. The van der Waals surface area contributed by atoms with Crippen LogP contribution in [0.4, 0.5) is 22.4 Å².